The van der Waals surface area contributed by atoms with Gasteiger partial charge < -0.3 is 10.4 Å². The topological polar surface area (TPSA) is 32.3 Å². The second-order valence-corrected chi connectivity index (χ2v) is 3.67. The van der Waals surface area contributed by atoms with Gasteiger partial charge in [-0.05, 0) is 24.6 Å². The largest absolute Gasteiger partial charge is 0.390 e. The van der Waals surface area contributed by atoms with Gasteiger partial charge in [-0.15, -0.1) is 0 Å². The minimum Gasteiger partial charge on any atom is -0.390 e. The van der Waals surface area contributed by atoms with Crippen LogP contribution in [0.3, 0.4) is 0 Å². The molecular weight excluding hydrogens is 219 g/mol. The molecule has 1 atom stereocenters. The van der Waals surface area contributed by atoms with Gasteiger partial charge in [0.1, 0.15) is 12.4 Å². The van der Waals surface area contributed by atoms with Crippen LogP contribution < -0.4 is 5.32 Å². The SMILES string of the molecule is CC(NCC(F)(F)CO)c1cccc(F)c1. The minimum atomic E-state index is -3.15. The smallest absolute Gasteiger partial charge is 0.282 e. The van der Waals surface area contributed by atoms with Crippen molar-refractivity contribution in [3.05, 3.63) is 35.6 Å². The number of rotatable bonds is 5. The van der Waals surface area contributed by atoms with E-state index in [1.807, 2.05) is 0 Å². The molecule has 90 valence electrons. The van der Waals surface area contributed by atoms with Crippen LogP contribution in [-0.4, -0.2) is 24.2 Å². The number of halogens is 3. The number of benzene rings is 1. The van der Waals surface area contributed by atoms with Crippen molar-refractivity contribution in [2.45, 2.75) is 18.9 Å². The molecule has 1 aromatic rings. The summed E-state index contributed by atoms with van der Waals surface area (Å²) >= 11 is 0. The normalized spacial score (nSPS) is 13.8. The molecule has 0 amide bonds. The summed E-state index contributed by atoms with van der Waals surface area (Å²) < 4.78 is 38.3. The molecule has 0 bridgehead atoms. The molecule has 1 rings (SSSR count). The molecule has 0 aliphatic carbocycles. The number of nitrogens with one attached hydrogen (secondary N) is 1. The summed E-state index contributed by atoms with van der Waals surface area (Å²) in [6.45, 7) is -0.181. The zero-order valence-electron chi connectivity index (χ0n) is 8.88. The zero-order valence-corrected chi connectivity index (χ0v) is 8.88. The lowest BCUT2D eigenvalue weighted by molar-refractivity contribution is -0.0490. The predicted molar refractivity (Wildman–Crippen MR) is 54.9 cm³/mol. The summed E-state index contributed by atoms with van der Waals surface area (Å²) in [6.07, 6.45) is 0. The van der Waals surface area contributed by atoms with Gasteiger partial charge in [-0.3, -0.25) is 0 Å². The molecule has 0 saturated carbocycles. The molecule has 0 saturated heterocycles. The quantitative estimate of drug-likeness (QED) is 0.816. The first-order valence-electron chi connectivity index (χ1n) is 4.92. The molecule has 16 heavy (non-hydrogen) atoms. The first-order chi connectivity index (χ1) is 7.44. The first kappa shape index (κ1) is 13.0. The highest BCUT2D eigenvalue weighted by Crippen LogP contribution is 2.16. The molecule has 0 aromatic heterocycles. The van der Waals surface area contributed by atoms with Crippen molar-refractivity contribution in [2.24, 2.45) is 0 Å². The Morgan fingerprint density at radius 3 is 2.69 bits per heavy atom. The van der Waals surface area contributed by atoms with E-state index in [1.165, 1.54) is 18.2 Å². The molecule has 0 heterocycles. The van der Waals surface area contributed by atoms with Crippen molar-refractivity contribution in [3.8, 4) is 0 Å². The Bertz CT molecular complexity index is 344. The maximum atomic E-state index is 12.9. The van der Waals surface area contributed by atoms with Gasteiger partial charge in [-0.25, -0.2) is 13.2 Å². The van der Waals surface area contributed by atoms with Crippen molar-refractivity contribution in [1.29, 1.82) is 0 Å². The highest BCUT2D eigenvalue weighted by Gasteiger charge is 2.27. The fraction of sp³-hybridized carbons (Fsp3) is 0.455. The zero-order chi connectivity index (χ0) is 12.2. The number of hydrogen-bond acceptors (Lipinski definition) is 2. The number of aliphatic hydroxyl groups is 1. The highest BCUT2D eigenvalue weighted by atomic mass is 19.3. The van der Waals surface area contributed by atoms with Crippen LogP contribution in [-0.2, 0) is 0 Å². The van der Waals surface area contributed by atoms with Crippen LogP contribution in [0.25, 0.3) is 0 Å². The third kappa shape index (κ3) is 3.83. The number of alkyl halides is 2. The average Bonchev–Trinajstić information content (AvgIpc) is 2.26. The summed E-state index contributed by atoms with van der Waals surface area (Å²) in [5.74, 6) is -3.55. The fourth-order valence-corrected chi connectivity index (χ4v) is 1.25. The van der Waals surface area contributed by atoms with Crippen LogP contribution in [0.4, 0.5) is 13.2 Å². The van der Waals surface area contributed by atoms with Crippen LogP contribution in [0.2, 0.25) is 0 Å². The standard InChI is InChI=1S/C11H14F3NO/c1-8(15-6-11(13,14)7-16)9-3-2-4-10(12)5-9/h2-5,8,15-16H,6-7H2,1H3. The molecular formula is C11H14F3NO. The Labute approximate surface area is 92.1 Å². The van der Waals surface area contributed by atoms with Crippen molar-refractivity contribution in [3.63, 3.8) is 0 Å². The van der Waals surface area contributed by atoms with Gasteiger partial charge in [0.15, 0.2) is 0 Å². The summed E-state index contributed by atoms with van der Waals surface area (Å²) in [7, 11) is 0. The maximum absolute atomic E-state index is 12.9. The van der Waals surface area contributed by atoms with Gasteiger partial charge in [-0.1, -0.05) is 12.1 Å². The fourth-order valence-electron chi connectivity index (χ4n) is 1.25. The van der Waals surface area contributed by atoms with Crippen LogP contribution >= 0.6 is 0 Å². The van der Waals surface area contributed by atoms with E-state index in [0.29, 0.717) is 5.56 Å². The lowest BCUT2D eigenvalue weighted by atomic mass is 10.1. The molecule has 5 heteroatoms. The summed E-state index contributed by atoms with van der Waals surface area (Å²) in [5, 5.41) is 10.9. The van der Waals surface area contributed by atoms with E-state index in [1.54, 1.807) is 13.0 Å². The van der Waals surface area contributed by atoms with Crippen molar-refractivity contribution in [2.75, 3.05) is 13.2 Å². The van der Waals surface area contributed by atoms with Gasteiger partial charge in [-0.2, -0.15) is 0 Å². The minimum absolute atomic E-state index is 0.395. The Hall–Kier alpha value is -1.07. The molecule has 0 spiro atoms. The Morgan fingerprint density at radius 2 is 2.12 bits per heavy atom. The monoisotopic (exact) mass is 233 g/mol. The summed E-state index contributed by atoms with van der Waals surface area (Å²) in [6, 6.07) is 5.35. The average molecular weight is 233 g/mol. The molecule has 2 nitrogen and oxygen atoms in total. The van der Waals surface area contributed by atoms with E-state index in [4.69, 9.17) is 5.11 Å². The number of aliphatic hydroxyl groups excluding tert-OH is 1. The Morgan fingerprint density at radius 1 is 1.44 bits per heavy atom. The van der Waals surface area contributed by atoms with E-state index in [0.717, 1.165) is 0 Å². The summed E-state index contributed by atoms with van der Waals surface area (Å²) in [5.41, 5.74) is 0.591. The van der Waals surface area contributed by atoms with Crippen molar-refractivity contribution >= 4 is 0 Å². The third-order valence-corrected chi connectivity index (χ3v) is 2.25. The van der Waals surface area contributed by atoms with Crippen molar-refractivity contribution in [1.82, 2.24) is 5.32 Å². The first-order valence-corrected chi connectivity index (χ1v) is 4.92. The Balaban J connectivity index is 2.56. The van der Waals surface area contributed by atoms with E-state index in [-0.39, 0.29) is 0 Å². The van der Waals surface area contributed by atoms with Crippen molar-refractivity contribution < 1.29 is 18.3 Å². The van der Waals surface area contributed by atoms with Crippen LogP contribution in [0.5, 0.6) is 0 Å². The van der Waals surface area contributed by atoms with E-state index >= 15 is 0 Å². The molecule has 0 radical (unpaired) electrons. The van der Waals surface area contributed by atoms with Crippen LogP contribution in [0, 0.1) is 5.82 Å². The lowest BCUT2D eigenvalue weighted by Crippen LogP contribution is -2.37. The molecule has 1 aromatic carbocycles. The Kier molecular flexibility index (Phi) is 4.32. The highest BCUT2D eigenvalue weighted by molar-refractivity contribution is 5.19. The van der Waals surface area contributed by atoms with Gasteiger partial charge in [0, 0.05) is 6.04 Å². The molecule has 2 N–H and O–H groups in total. The van der Waals surface area contributed by atoms with E-state index in [2.05, 4.69) is 5.32 Å². The predicted octanol–water partition coefficient (Wildman–Crippen LogP) is 2.10. The molecule has 1 unspecified atom stereocenters. The van der Waals surface area contributed by atoms with Gasteiger partial charge in [0.25, 0.3) is 5.92 Å². The molecule has 0 fully saturated rings. The molecule has 0 aliphatic rings. The lowest BCUT2D eigenvalue weighted by Gasteiger charge is -2.19. The van der Waals surface area contributed by atoms with Gasteiger partial charge in [0.2, 0.25) is 0 Å². The number of hydrogen-bond donors (Lipinski definition) is 2. The van der Waals surface area contributed by atoms with E-state index < -0.39 is 30.9 Å². The maximum Gasteiger partial charge on any atom is 0.282 e. The van der Waals surface area contributed by atoms with Crippen LogP contribution in [0.15, 0.2) is 24.3 Å². The van der Waals surface area contributed by atoms with Gasteiger partial charge >= 0.3 is 0 Å². The van der Waals surface area contributed by atoms with Gasteiger partial charge in [0.05, 0.1) is 6.54 Å². The van der Waals surface area contributed by atoms with E-state index in [9.17, 15) is 13.2 Å². The second-order valence-electron chi connectivity index (χ2n) is 3.67. The van der Waals surface area contributed by atoms with Crippen LogP contribution in [0.1, 0.15) is 18.5 Å². The third-order valence-electron chi connectivity index (χ3n) is 2.25. The summed E-state index contributed by atoms with van der Waals surface area (Å²) in [4.78, 5) is 0. The second kappa shape index (κ2) is 5.32. The molecule has 0 aliphatic heterocycles.